The molecule has 0 fully saturated rings. The molecule has 2 rings (SSSR count). The van der Waals surface area contributed by atoms with E-state index in [1.807, 2.05) is 30.3 Å². The predicted octanol–water partition coefficient (Wildman–Crippen LogP) is 1.23. The summed E-state index contributed by atoms with van der Waals surface area (Å²) in [4.78, 5) is 15.3. The molecule has 0 radical (unpaired) electrons. The Kier molecular flexibility index (Phi) is 4.00. The van der Waals surface area contributed by atoms with Crippen molar-refractivity contribution >= 4 is 17.5 Å². The molecule has 0 saturated heterocycles. The molecule has 0 spiro atoms. The number of nitrogens with one attached hydrogen (secondary N) is 1. The molecule has 0 saturated carbocycles. The van der Waals surface area contributed by atoms with Crippen molar-refractivity contribution in [1.29, 1.82) is 10.7 Å². The van der Waals surface area contributed by atoms with E-state index in [1.54, 1.807) is 6.07 Å². The molecule has 1 aromatic heterocycles. The quantitative estimate of drug-likeness (QED) is 0.710. The largest absolute Gasteiger partial charge is 0.480 e. The number of imidazole rings is 1. The van der Waals surface area contributed by atoms with Gasteiger partial charge in [0.1, 0.15) is 23.6 Å². The molecule has 0 aliphatic carbocycles. The smallest absolute Gasteiger partial charge is 0.327 e. The van der Waals surface area contributed by atoms with Gasteiger partial charge in [0, 0.05) is 6.42 Å². The number of nitriles is 1. The topological polar surface area (TPSA) is 129 Å². The first kappa shape index (κ1) is 14.3. The van der Waals surface area contributed by atoms with E-state index < -0.39 is 17.7 Å². The first-order valence-corrected chi connectivity index (χ1v) is 6.12. The lowest BCUT2D eigenvalue weighted by atomic mass is 10.1. The molecular weight excluding hydrogens is 270 g/mol. The molecule has 1 aromatic carbocycles. The number of aliphatic carboxylic acids is 1. The zero-order chi connectivity index (χ0) is 15.4. The predicted molar refractivity (Wildman–Crippen MR) is 75.9 cm³/mol. The van der Waals surface area contributed by atoms with Crippen LogP contribution in [0.5, 0.6) is 0 Å². The normalized spacial score (nSPS) is 11.6. The minimum absolute atomic E-state index is 0.00295. The number of carboxylic acids is 1. The molecule has 106 valence electrons. The first-order chi connectivity index (χ1) is 10.0. The third-order valence-corrected chi connectivity index (χ3v) is 3.07. The van der Waals surface area contributed by atoms with Crippen LogP contribution in [-0.4, -0.2) is 26.3 Å². The number of hydrogen-bond acceptors (Lipinski definition) is 5. The van der Waals surface area contributed by atoms with Crippen LogP contribution in [0.1, 0.15) is 17.3 Å². The average Bonchev–Trinajstić information content (AvgIpc) is 2.86. The van der Waals surface area contributed by atoms with Crippen LogP contribution < -0.4 is 5.73 Å². The van der Waals surface area contributed by atoms with Crippen molar-refractivity contribution in [3.05, 3.63) is 47.9 Å². The number of aromatic nitrogens is 2. The van der Waals surface area contributed by atoms with Gasteiger partial charge >= 0.3 is 5.97 Å². The van der Waals surface area contributed by atoms with E-state index in [2.05, 4.69) is 4.98 Å². The number of nitrogen functional groups attached to an aromatic ring is 1. The highest BCUT2D eigenvalue weighted by atomic mass is 16.4. The summed E-state index contributed by atoms with van der Waals surface area (Å²) >= 11 is 0. The SMILES string of the molecule is N#CC(=N)c1ncn(C(Cc2ccccc2)C(=O)O)c1N. The van der Waals surface area contributed by atoms with Crippen LogP contribution >= 0.6 is 0 Å². The van der Waals surface area contributed by atoms with Gasteiger partial charge in [-0.25, -0.2) is 9.78 Å². The molecule has 7 nitrogen and oxygen atoms in total. The van der Waals surface area contributed by atoms with E-state index in [0.717, 1.165) is 5.56 Å². The van der Waals surface area contributed by atoms with Crippen molar-refractivity contribution in [1.82, 2.24) is 9.55 Å². The number of nitrogens with zero attached hydrogens (tertiary/aromatic N) is 3. The summed E-state index contributed by atoms with van der Waals surface area (Å²) in [6, 6.07) is 9.82. The Hall–Kier alpha value is -3.14. The van der Waals surface area contributed by atoms with E-state index in [1.165, 1.54) is 10.9 Å². The van der Waals surface area contributed by atoms with E-state index in [9.17, 15) is 9.90 Å². The summed E-state index contributed by atoms with van der Waals surface area (Å²) in [5.41, 5.74) is 6.26. The third kappa shape index (κ3) is 2.90. The Morgan fingerprint density at radius 2 is 2.14 bits per heavy atom. The van der Waals surface area contributed by atoms with Gasteiger partial charge in [0.2, 0.25) is 0 Å². The second-order valence-electron chi connectivity index (χ2n) is 4.42. The standard InChI is InChI=1S/C14H13N5O2/c15-7-10(16)12-13(17)19(8-18-12)11(14(20)21)6-9-4-2-1-3-5-9/h1-5,8,11,16H,6,17H2,(H,20,21). The summed E-state index contributed by atoms with van der Waals surface area (Å²) in [5, 5.41) is 25.5. The van der Waals surface area contributed by atoms with E-state index in [4.69, 9.17) is 16.4 Å². The highest BCUT2D eigenvalue weighted by molar-refractivity contribution is 6.10. The molecule has 1 heterocycles. The molecule has 1 atom stereocenters. The van der Waals surface area contributed by atoms with Crippen molar-refractivity contribution in [2.24, 2.45) is 0 Å². The van der Waals surface area contributed by atoms with Crippen molar-refractivity contribution in [3.8, 4) is 6.07 Å². The summed E-state index contributed by atoms with van der Waals surface area (Å²) in [6.45, 7) is 0. The van der Waals surface area contributed by atoms with Crippen LogP contribution in [0.2, 0.25) is 0 Å². The highest BCUT2D eigenvalue weighted by Crippen LogP contribution is 2.21. The molecule has 2 aromatic rings. The van der Waals surface area contributed by atoms with Crippen molar-refractivity contribution in [2.75, 3.05) is 5.73 Å². The van der Waals surface area contributed by atoms with Crippen LogP contribution in [0.25, 0.3) is 0 Å². The lowest BCUT2D eigenvalue weighted by Crippen LogP contribution is -2.22. The minimum Gasteiger partial charge on any atom is -0.480 e. The van der Waals surface area contributed by atoms with E-state index in [-0.39, 0.29) is 17.9 Å². The number of benzene rings is 1. The average molecular weight is 283 g/mol. The van der Waals surface area contributed by atoms with Crippen LogP contribution in [0.4, 0.5) is 5.82 Å². The van der Waals surface area contributed by atoms with Gasteiger partial charge in [0.25, 0.3) is 0 Å². The maximum atomic E-state index is 11.5. The Balaban J connectivity index is 2.36. The fourth-order valence-electron chi connectivity index (χ4n) is 2.01. The lowest BCUT2D eigenvalue weighted by Gasteiger charge is -2.15. The Morgan fingerprint density at radius 3 is 2.71 bits per heavy atom. The number of hydrogen-bond donors (Lipinski definition) is 3. The summed E-state index contributed by atoms with van der Waals surface area (Å²) in [5.74, 6) is -1.05. The van der Waals surface area contributed by atoms with Gasteiger partial charge in [0.15, 0.2) is 5.71 Å². The fourth-order valence-corrected chi connectivity index (χ4v) is 2.01. The van der Waals surface area contributed by atoms with Gasteiger partial charge < -0.3 is 15.4 Å². The molecule has 1 unspecified atom stereocenters. The number of anilines is 1. The zero-order valence-corrected chi connectivity index (χ0v) is 11.0. The van der Waals surface area contributed by atoms with E-state index in [0.29, 0.717) is 0 Å². The second kappa shape index (κ2) is 5.88. The van der Waals surface area contributed by atoms with Crippen LogP contribution in [0, 0.1) is 16.7 Å². The maximum absolute atomic E-state index is 11.5. The van der Waals surface area contributed by atoms with Gasteiger partial charge in [0.05, 0.1) is 6.33 Å². The fraction of sp³-hybridized carbons (Fsp3) is 0.143. The van der Waals surface area contributed by atoms with Crippen LogP contribution in [-0.2, 0) is 11.2 Å². The number of carbonyl (C=O) groups is 1. The number of carboxylic acid groups (broad SMARTS) is 1. The molecule has 0 amide bonds. The van der Waals surface area contributed by atoms with Gasteiger partial charge in [-0.1, -0.05) is 30.3 Å². The Labute approximate surface area is 120 Å². The Morgan fingerprint density at radius 1 is 1.48 bits per heavy atom. The minimum atomic E-state index is -1.06. The summed E-state index contributed by atoms with van der Waals surface area (Å²) < 4.78 is 1.27. The van der Waals surface area contributed by atoms with Gasteiger partial charge in [-0.3, -0.25) is 5.41 Å². The number of nitrogens with two attached hydrogens (primary N) is 1. The summed E-state index contributed by atoms with van der Waals surface area (Å²) in [7, 11) is 0. The van der Waals surface area contributed by atoms with Gasteiger partial charge in [-0.15, -0.1) is 0 Å². The molecule has 21 heavy (non-hydrogen) atoms. The third-order valence-electron chi connectivity index (χ3n) is 3.07. The molecular formula is C14H13N5O2. The Bertz CT molecular complexity index is 715. The van der Waals surface area contributed by atoms with Crippen molar-refractivity contribution < 1.29 is 9.90 Å². The second-order valence-corrected chi connectivity index (χ2v) is 4.42. The molecule has 7 heteroatoms. The van der Waals surface area contributed by atoms with Crippen molar-refractivity contribution in [3.63, 3.8) is 0 Å². The molecule has 4 N–H and O–H groups in total. The first-order valence-electron chi connectivity index (χ1n) is 6.12. The lowest BCUT2D eigenvalue weighted by molar-refractivity contribution is -0.140. The zero-order valence-electron chi connectivity index (χ0n) is 11.0. The molecule has 0 bridgehead atoms. The highest BCUT2D eigenvalue weighted by Gasteiger charge is 2.24. The number of rotatable bonds is 5. The van der Waals surface area contributed by atoms with Gasteiger partial charge in [-0.05, 0) is 5.56 Å². The van der Waals surface area contributed by atoms with Crippen LogP contribution in [0.3, 0.4) is 0 Å². The van der Waals surface area contributed by atoms with Gasteiger partial charge in [-0.2, -0.15) is 5.26 Å². The van der Waals surface area contributed by atoms with E-state index >= 15 is 0 Å². The summed E-state index contributed by atoms with van der Waals surface area (Å²) in [6.07, 6.45) is 1.48. The monoisotopic (exact) mass is 283 g/mol. The molecule has 0 aliphatic heterocycles. The van der Waals surface area contributed by atoms with Crippen LogP contribution in [0.15, 0.2) is 36.7 Å². The van der Waals surface area contributed by atoms with Crippen molar-refractivity contribution in [2.45, 2.75) is 12.5 Å². The molecule has 0 aliphatic rings. The maximum Gasteiger partial charge on any atom is 0.327 e.